The Kier molecular flexibility index (Phi) is 11.0. The molecule has 14 nitrogen and oxygen atoms in total. The highest BCUT2D eigenvalue weighted by atomic mass is 16.5. The van der Waals surface area contributed by atoms with Gasteiger partial charge in [-0.1, -0.05) is 20.8 Å². The number of anilines is 1. The monoisotopic (exact) mass is 559 g/mol. The van der Waals surface area contributed by atoms with Crippen molar-refractivity contribution in [2.24, 2.45) is 5.92 Å². The smallest absolute Gasteiger partial charge is 0.320 e. The fourth-order valence-electron chi connectivity index (χ4n) is 4.56. The van der Waals surface area contributed by atoms with E-state index in [1.54, 1.807) is 22.7 Å². The molecule has 5 N–H and O–H groups in total. The number of aryl methyl sites for hydroxylation is 1. The Morgan fingerprint density at radius 3 is 2.45 bits per heavy atom. The molecule has 0 bridgehead atoms. The SMILES string of the molecule is CC[C@H](NC(=O)[C@H](CC(C)C)NC(=O)N1CCCCC1)C(=O)C(=O)NCCCn1cnc2c(N)nc(OC)nc21. The normalized spacial score (nSPS) is 15.0. The molecule has 2 aromatic heterocycles. The first-order valence-electron chi connectivity index (χ1n) is 13.8. The third kappa shape index (κ3) is 8.02. The lowest BCUT2D eigenvalue weighted by atomic mass is 10.0. The van der Waals surface area contributed by atoms with Crippen LogP contribution in [0.3, 0.4) is 0 Å². The molecule has 1 aliphatic rings. The van der Waals surface area contributed by atoms with Gasteiger partial charge in [-0.15, -0.1) is 0 Å². The number of hydrogen-bond donors (Lipinski definition) is 4. The maximum Gasteiger partial charge on any atom is 0.320 e. The van der Waals surface area contributed by atoms with Crippen LogP contribution >= 0.6 is 0 Å². The molecule has 1 aliphatic heterocycles. The van der Waals surface area contributed by atoms with Gasteiger partial charge in [-0.2, -0.15) is 9.97 Å². The van der Waals surface area contributed by atoms with Gasteiger partial charge in [-0.25, -0.2) is 9.78 Å². The molecule has 0 aromatic carbocycles. The molecule has 3 rings (SSSR count). The number of ketones is 1. The number of nitrogen functional groups attached to an aromatic ring is 1. The van der Waals surface area contributed by atoms with Gasteiger partial charge in [0.1, 0.15) is 11.6 Å². The highest BCUT2D eigenvalue weighted by Crippen LogP contribution is 2.19. The molecule has 220 valence electrons. The molecule has 2 atom stereocenters. The van der Waals surface area contributed by atoms with Gasteiger partial charge < -0.3 is 35.9 Å². The lowest BCUT2D eigenvalue weighted by Gasteiger charge is -2.30. The third-order valence-electron chi connectivity index (χ3n) is 6.74. The van der Waals surface area contributed by atoms with Gasteiger partial charge in [0.05, 0.1) is 19.5 Å². The second-order valence-corrected chi connectivity index (χ2v) is 10.3. The molecule has 4 amide bonds. The number of fused-ring (bicyclic) bond motifs is 1. The molecule has 40 heavy (non-hydrogen) atoms. The zero-order valence-electron chi connectivity index (χ0n) is 23.7. The maximum atomic E-state index is 13.1. The molecule has 0 saturated carbocycles. The van der Waals surface area contributed by atoms with Crippen LogP contribution in [0.5, 0.6) is 6.01 Å². The zero-order valence-corrected chi connectivity index (χ0v) is 23.7. The summed E-state index contributed by atoms with van der Waals surface area (Å²) in [5, 5.41) is 8.12. The first-order chi connectivity index (χ1) is 19.1. The summed E-state index contributed by atoms with van der Waals surface area (Å²) in [4.78, 5) is 65.5. The summed E-state index contributed by atoms with van der Waals surface area (Å²) >= 11 is 0. The van der Waals surface area contributed by atoms with Gasteiger partial charge in [0.25, 0.3) is 5.91 Å². The Labute approximate surface area is 233 Å². The number of carbonyl (C=O) groups is 4. The average molecular weight is 560 g/mol. The second-order valence-electron chi connectivity index (χ2n) is 10.3. The van der Waals surface area contributed by atoms with Gasteiger partial charge in [0.2, 0.25) is 11.7 Å². The predicted octanol–water partition coefficient (Wildman–Crippen LogP) is 0.998. The van der Waals surface area contributed by atoms with Gasteiger partial charge >= 0.3 is 12.0 Å². The van der Waals surface area contributed by atoms with Crippen LogP contribution in [0, 0.1) is 5.92 Å². The summed E-state index contributed by atoms with van der Waals surface area (Å²) in [6.07, 6.45) is 5.66. The summed E-state index contributed by atoms with van der Waals surface area (Å²) in [6, 6.07) is -1.96. The van der Waals surface area contributed by atoms with E-state index in [1.807, 2.05) is 13.8 Å². The molecule has 0 aliphatic carbocycles. The van der Waals surface area contributed by atoms with Gasteiger partial charge in [-0.05, 0) is 44.4 Å². The molecule has 1 fully saturated rings. The zero-order chi connectivity index (χ0) is 29.2. The molecule has 2 aromatic rings. The molecule has 14 heteroatoms. The van der Waals surface area contributed by atoms with Crippen molar-refractivity contribution >= 4 is 40.6 Å². The summed E-state index contributed by atoms with van der Waals surface area (Å²) in [5.74, 6) is -1.66. The number of aromatic nitrogens is 4. The lowest BCUT2D eigenvalue weighted by molar-refractivity contribution is -0.140. The molecule has 0 spiro atoms. The van der Waals surface area contributed by atoms with E-state index in [4.69, 9.17) is 10.5 Å². The molecule has 1 saturated heterocycles. The lowest BCUT2D eigenvalue weighted by Crippen LogP contribution is -2.56. The number of piperidine rings is 1. The quantitative estimate of drug-likeness (QED) is 0.205. The summed E-state index contributed by atoms with van der Waals surface area (Å²) < 4.78 is 6.82. The number of imidazole rings is 1. The minimum atomic E-state index is -1.00. The summed E-state index contributed by atoms with van der Waals surface area (Å²) in [7, 11) is 1.44. The Morgan fingerprint density at radius 1 is 1.07 bits per heavy atom. The largest absolute Gasteiger partial charge is 0.467 e. The minimum absolute atomic E-state index is 0.125. The number of nitrogens with zero attached hydrogens (tertiary/aromatic N) is 5. The number of Topliss-reactive ketones (excluding diaryl/α,β-unsaturated/α-hetero) is 1. The van der Waals surface area contributed by atoms with Crippen LogP contribution in [0.2, 0.25) is 0 Å². The van der Waals surface area contributed by atoms with E-state index in [2.05, 4.69) is 30.9 Å². The van der Waals surface area contributed by atoms with E-state index in [0.29, 0.717) is 43.6 Å². The van der Waals surface area contributed by atoms with Crippen molar-refractivity contribution in [3.05, 3.63) is 6.33 Å². The Balaban J connectivity index is 1.52. The highest BCUT2D eigenvalue weighted by molar-refractivity contribution is 6.38. The average Bonchev–Trinajstić information content (AvgIpc) is 3.36. The molecule has 0 unspecified atom stereocenters. The fraction of sp³-hybridized carbons (Fsp3) is 0.654. The molecule has 0 radical (unpaired) electrons. The van der Waals surface area contributed by atoms with Crippen molar-refractivity contribution in [3.8, 4) is 6.01 Å². The van der Waals surface area contributed by atoms with E-state index in [9.17, 15) is 19.2 Å². The number of nitrogens with two attached hydrogens (primary N) is 1. The highest BCUT2D eigenvalue weighted by Gasteiger charge is 2.30. The van der Waals surface area contributed by atoms with E-state index < -0.39 is 29.7 Å². The topological polar surface area (TPSA) is 186 Å². The number of hydrogen-bond acceptors (Lipinski definition) is 9. The van der Waals surface area contributed by atoms with Crippen LogP contribution in [0.15, 0.2) is 6.33 Å². The fourth-order valence-corrected chi connectivity index (χ4v) is 4.56. The summed E-state index contributed by atoms with van der Waals surface area (Å²) in [5.41, 5.74) is 6.85. The van der Waals surface area contributed by atoms with E-state index in [0.717, 1.165) is 19.3 Å². The van der Waals surface area contributed by atoms with Crippen LogP contribution in [0.4, 0.5) is 10.6 Å². The van der Waals surface area contributed by atoms with Crippen LogP contribution in [0.1, 0.15) is 59.3 Å². The van der Waals surface area contributed by atoms with Crippen LogP contribution in [-0.2, 0) is 20.9 Å². The first-order valence-corrected chi connectivity index (χ1v) is 13.8. The number of urea groups is 1. The van der Waals surface area contributed by atoms with Crippen molar-refractivity contribution in [1.82, 2.24) is 40.4 Å². The molecular formula is C26H41N9O5. The van der Waals surface area contributed by atoms with Crippen LogP contribution in [0.25, 0.3) is 11.2 Å². The number of amides is 4. The standard InChI is InChI=1S/C26H41N9O5/c1-5-17(30-23(37)18(14-16(2)3)31-26(39)34-11-7-6-8-12-34)20(36)24(38)28-10-9-13-35-15-29-19-21(27)32-25(40-4)33-22(19)35/h15-18H,5-14H2,1-4H3,(H,28,38)(H,30,37)(H,31,39)(H2,27,32,33)/t17-,18-/m0/s1. The molecule has 3 heterocycles. The van der Waals surface area contributed by atoms with Crippen molar-refractivity contribution in [3.63, 3.8) is 0 Å². The minimum Gasteiger partial charge on any atom is -0.467 e. The Hall–Kier alpha value is -3.97. The number of ether oxygens (including phenoxy) is 1. The van der Waals surface area contributed by atoms with Crippen LogP contribution < -0.4 is 26.4 Å². The van der Waals surface area contributed by atoms with Gasteiger partial charge in [-0.3, -0.25) is 14.4 Å². The molecular weight excluding hydrogens is 518 g/mol. The number of rotatable bonds is 13. The number of methoxy groups -OCH3 is 1. The first kappa shape index (κ1) is 30.6. The second kappa shape index (κ2) is 14.4. The number of carbonyl (C=O) groups excluding carboxylic acids is 4. The van der Waals surface area contributed by atoms with E-state index in [1.165, 1.54) is 7.11 Å². The van der Waals surface area contributed by atoms with Crippen molar-refractivity contribution in [2.75, 3.05) is 32.5 Å². The van der Waals surface area contributed by atoms with E-state index in [-0.39, 0.29) is 36.7 Å². The Morgan fingerprint density at radius 2 is 1.80 bits per heavy atom. The van der Waals surface area contributed by atoms with Gasteiger partial charge in [0, 0.05) is 26.2 Å². The van der Waals surface area contributed by atoms with Gasteiger partial charge in [0.15, 0.2) is 11.5 Å². The van der Waals surface area contributed by atoms with Crippen LogP contribution in [-0.4, -0.2) is 86.9 Å². The van der Waals surface area contributed by atoms with Crippen molar-refractivity contribution < 1.29 is 23.9 Å². The number of nitrogens with one attached hydrogen (secondary N) is 3. The maximum absolute atomic E-state index is 13.1. The third-order valence-corrected chi connectivity index (χ3v) is 6.74. The van der Waals surface area contributed by atoms with Crippen molar-refractivity contribution in [2.45, 2.75) is 77.9 Å². The number of likely N-dealkylation sites (tertiary alicyclic amines) is 1. The Bertz CT molecular complexity index is 1190. The van der Waals surface area contributed by atoms with E-state index >= 15 is 0 Å². The van der Waals surface area contributed by atoms with Crippen molar-refractivity contribution in [1.29, 1.82) is 0 Å². The summed E-state index contributed by atoms with van der Waals surface area (Å²) in [6.45, 7) is 7.60. The predicted molar refractivity (Wildman–Crippen MR) is 148 cm³/mol.